The van der Waals surface area contributed by atoms with Crippen molar-refractivity contribution in [1.29, 1.82) is 0 Å². The molecule has 1 fully saturated rings. The highest BCUT2D eigenvalue weighted by Gasteiger charge is 2.35. The Morgan fingerprint density at radius 2 is 1.74 bits per heavy atom. The molecule has 2 aromatic rings. The van der Waals surface area contributed by atoms with Crippen LogP contribution in [-0.2, 0) is 6.54 Å². The number of rotatable bonds is 7. The van der Waals surface area contributed by atoms with Crippen molar-refractivity contribution in [3.8, 4) is 11.5 Å². The van der Waals surface area contributed by atoms with Crippen LogP contribution in [0.1, 0.15) is 58.9 Å². The molecule has 1 aromatic carbocycles. The summed E-state index contributed by atoms with van der Waals surface area (Å²) in [5.41, 5.74) is 10.9. The van der Waals surface area contributed by atoms with Crippen LogP contribution >= 0.6 is 11.6 Å². The summed E-state index contributed by atoms with van der Waals surface area (Å²) in [6.45, 7) is 8.48. The second-order valence-electron chi connectivity index (χ2n) is 9.57. The highest BCUT2D eigenvalue weighted by molar-refractivity contribution is 6.30. The van der Waals surface area contributed by atoms with Gasteiger partial charge in [-0.3, -0.25) is 10.0 Å². The van der Waals surface area contributed by atoms with Crippen LogP contribution in [0.2, 0.25) is 5.02 Å². The molecule has 2 heterocycles. The van der Waals surface area contributed by atoms with Gasteiger partial charge >= 0.3 is 0 Å². The number of hydrogen-bond donors (Lipinski definition) is 6. The predicted molar refractivity (Wildman–Crippen MR) is 136 cm³/mol. The number of nitrogens with zero attached hydrogens (tertiary/aromatic N) is 4. The van der Waals surface area contributed by atoms with E-state index >= 15 is 0 Å². The van der Waals surface area contributed by atoms with Gasteiger partial charge in [0, 0.05) is 35.7 Å². The number of halogens is 1. The lowest BCUT2D eigenvalue weighted by Gasteiger charge is -2.29. The van der Waals surface area contributed by atoms with E-state index in [2.05, 4.69) is 43.9 Å². The third kappa shape index (κ3) is 4.89. The topological polar surface area (TPSA) is 135 Å². The van der Waals surface area contributed by atoms with Gasteiger partial charge in [-0.05, 0) is 52.7 Å². The molecule has 2 unspecified atom stereocenters. The standard InChI is InChI=1S/C23H35ClN8O2/c1-12(2)31-20-21(26-11-15-18(33)9-14(24)10-19(15)34)28-23(27-17-8-6-5-7-16(17)25)29-22(20)32(30-31)13(3)4/h9-10,12-13,16-17,30,33-34H,5-8,11,25H2,1-4H3,(H2,26,27,28,29). The van der Waals surface area contributed by atoms with Gasteiger partial charge in [0.05, 0.1) is 5.56 Å². The number of phenols is 2. The first-order chi connectivity index (χ1) is 16.2. The normalized spacial score (nSPS) is 20.2. The van der Waals surface area contributed by atoms with Crippen molar-refractivity contribution in [2.75, 3.05) is 20.7 Å². The maximum atomic E-state index is 10.3. The van der Waals surface area contributed by atoms with Crippen LogP contribution in [0.15, 0.2) is 12.1 Å². The van der Waals surface area contributed by atoms with Gasteiger partial charge in [0.2, 0.25) is 5.95 Å². The van der Waals surface area contributed by atoms with Gasteiger partial charge in [-0.1, -0.05) is 24.4 Å². The molecule has 1 aromatic heterocycles. The van der Waals surface area contributed by atoms with E-state index in [0.29, 0.717) is 17.3 Å². The largest absolute Gasteiger partial charge is 0.507 e. The molecule has 1 saturated carbocycles. The molecule has 0 spiro atoms. The van der Waals surface area contributed by atoms with Crippen molar-refractivity contribution in [2.45, 2.75) is 84.1 Å². The van der Waals surface area contributed by atoms with Crippen molar-refractivity contribution < 1.29 is 10.2 Å². The van der Waals surface area contributed by atoms with Crippen molar-refractivity contribution in [1.82, 2.24) is 15.5 Å². The molecule has 11 heteroatoms. The quantitative estimate of drug-likeness (QED) is 0.341. The fraction of sp³-hybridized carbons (Fsp3) is 0.565. The van der Waals surface area contributed by atoms with Crippen LogP contribution in [0.4, 0.5) is 23.3 Å². The number of nitrogens with two attached hydrogens (primary N) is 1. The molecular formula is C23H35ClN8O2. The number of anilines is 4. The van der Waals surface area contributed by atoms with Crippen molar-refractivity contribution in [3.05, 3.63) is 22.7 Å². The number of hydrogen-bond acceptors (Lipinski definition) is 10. The monoisotopic (exact) mass is 490 g/mol. The average Bonchev–Trinajstić information content (AvgIpc) is 3.15. The number of fused-ring (bicyclic) bond motifs is 1. The molecule has 0 saturated heterocycles. The third-order valence-electron chi connectivity index (χ3n) is 6.32. The second kappa shape index (κ2) is 9.89. The molecule has 7 N–H and O–H groups in total. The highest BCUT2D eigenvalue weighted by Crippen LogP contribution is 2.41. The van der Waals surface area contributed by atoms with Crippen LogP contribution < -0.4 is 31.9 Å². The summed E-state index contributed by atoms with van der Waals surface area (Å²) < 4.78 is 0. The van der Waals surface area contributed by atoms with Crippen molar-refractivity contribution in [3.63, 3.8) is 0 Å². The van der Waals surface area contributed by atoms with Crippen molar-refractivity contribution >= 4 is 34.9 Å². The van der Waals surface area contributed by atoms with Crippen molar-refractivity contribution in [2.24, 2.45) is 5.73 Å². The van der Waals surface area contributed by atoms with Gasteiger partial charge in [0.1, 0.15) is 17.2 Å². The molecule has 0 radical (unpaired) electrons. The molecule has 0 amide bonds. The summed E-state index contributed by atoms with van der Waals surface area (Å²) in [4.78, 5) is 9.67. The third-order valence-corrected chi connectivity index (χ3v) is 6.54. The van der Waals surface area contributed by atoms with E-state index in [1.54, 1.807) is 0 Å². The Balaban J connectivity index is 1.72. The molecule has 186 valence electrons. The fourth-order valence-corrected chi connectivity index (χ4v) is 4.64. The Morgan fingerprint density at radius 1 is 1.09 bits per heavy atom. The van der Waals surface area contributed by atoms with Gasteiger partial charge in [-0.15, -0.1) is 5.53 Å². The lowest BCUT2D eigenvalue weighted by Crippen LogP contribution is -2.50. The molecule has 2 aliphatic rings. The van der Waals surface area contributed by atoms with Gasteiger partial charge in [0.25, 0.3) is 0 Å². The van der Waals surface area contributed by atoms with E-state index in [-0.39, 0.29) is 47.2 Å². The molecule has 34 heavy (non-hydrogen) atoms. The molecular weight excluding hydrogens is 456 g/mol. The minimum absolute atomic E-state index is 0.0523. The Kier molecular flexibility index (Phi) is 7.11. The zero-order valence-electron chi connectivity index (χ0n) is 20.1. The van der Waals surface area contributed by atoms with Gasteiger partial charge < -0.3 is 26.6 Å². The van der Waals surface area contributed by atoms with Crippen LogP contribution in [0, 0.1) is 0 Å². The number of aromatic hydroxyl groups is 2. The molecule has 4 rings (SSSR count). The van der Waals surface area contributed by atoms with Crippen LogP contribution in [0.5, 0.6) is 11.5 Å². The molecule has 2 atom stereocenters. The minimum atomic E-state index is -0.0858. The lowest BCUT2D eigenvalue weighted by atomic mass is 9.91. The fourth-order valence-electron chi connectivity index (χ4n) is 4.43. The van der Waals surface area contributed by atoms with E-state index in [4.69, 9.17) is 27.3 Å². The number of phenolic OH excluding ortho intramolecular Hbond substituents is 2. The zero-order chi connectivity index (χ0) is 24.6. The average molecular weight is 491 g/mol. The van der Waals surface area contributed by atoms with E-state index in [9.17, 15) is 10.2 Å². The van der Waals surface area contributed by atoms with Gasteiger partial charge in [-0.2, -0.15) is 9.97 Å². The SMILES string of the molecule is CC(C)N1NN(C(C)C)c2c(NCc3c(O)cc(Cl)cc3O)nc(NC3CCCCC3N)nc21. The highest BCUT2D eigenvalue weighted by atomic mass is 35.5. The van der Waals surface area contributed by atoms with Crippen LogP contribution in [0.25, 0.3) is 0 Å². The first-order valence-corrected chi connectivity index (χ1v) is 12.3. The summed E-state index contributed by atoms with van der Waals surface area (Å²) >= 11 is 5.94. The second-order valence-corrected chi connectivity index (χ2v) is 10.0. The Morgan fingerprint density at radius 3 is 2.35 bits per heavy atom. The lowest BCUT2D eigenvalue weighted by molar-refractivity contribution is 0.402. The summed E-state index contributed by atoms with van der Waals surface area (Å²) in [5.74, 6) is 1.65. The maximum absolute atomic E-state index is 10.3. The van der Waals surface area contributed by atoms with E-state index in [1.807, 2.05) is 10.0 Å². The first kappa shape index (κ1) is 24.4. The number of nitrogens with one attached hydrogen (secondary N) is 3. The number of hydrazine groups is 2. The Bertz CT molecular complexity index is 1010. The van der Waals surface area contributed by atoms with E-state index < -0.39 is 0 Å². The maximum Gasteiger partial charge on any atom is 0.227 e. The molecule has 10 nitrogen and oxygen atoms in total. The smallest absolute Gasteiger partial charge is 0.227 e. The zero-order valence-corrected chi connectivity index (χ0v) is 20.9. The van der Waals surface area contributed by atoms with E-state index in [0.717, 1.165) is 37.2 Å². The molecule has 1 aliphatic heterocycles. The number of benzene rings is 1. The predicted octanol–water partition coefficient (Wildman–Crippen LogP) is 3.70. The molecule has 1 aliphatic carbocycles. The summed E-state index contributed by atoms with van der Waals surface area (Å²) in [6.07, 6.45) is 4.21. The molecule has 0 bridgehead atoms. The Hall–Kier alpha value is -2.69. The minimum Gasteiger partial charge on any atom is -0.507 e. The number of aromatic nitrogens is 2. The van der Waals surface area contributed by atoms with E-state index in [1.165, 1.54) is 12.1 Å². The van der Waals surface area contributed by atoms with Gasteiger partial charge in [-0.25, -0.2) is 0 Å². The van der Waals surface area contributed by atoms with Gasteiger partial charge in [0.15, 0.2) is 11.6 Å². The summed E-state index contributed by atoms with van der Waals surface area (Å²) in [5, 5.41) is 31.7. The first-order valence-electron chi connectivity index (χ1n) is 11.9. The Labute approximate surface area is 205 Å². The van der Waals surface area contributed by atoms with Crippen LogP contribution in [-0.4, -0.2) is 44.3 Å². The van der Waals surface area contributed by atoms with Crippen LogP contribution in [0.3, 0.4) is 0 Å². The summed E-state index contributed by atoms with van der Waals surface area (Å²) in [7, 11) is 0. The summed E-state index contributed by atoms with van der Waals surface area (Å²) in [6, 6.07) is 3.23.